The molecule has 0 aromatic carbocycles. The summed E-state index contributed by atoms with van der Waals surface area (Å²) in [6.45, 7) is 7.50. The standard InChI is InChI=1S/C15H26N2O/c1-4-10-17(12-7-8-12)15(13(16)5-2)14-9-6-11(3)18-14/h6,9,12-13,15H,4-5,7-8,10,16H2,1-3H3. The molecular formula is C15H26N2O. The van der Waals surface area contributed by atoms with Gasteiger partial charge in [0, 0.05) is 12.1 Å². The molecule has 18 heavy (non-hydrogen) atoms. The largest absolute Gasteiger partial charge is 0.465 e. The first-order valence-electron chi connectivity index (χ1n) is 7.25. The zero-order chi connectivity index (χ0) is 13.1. The first-order chi connectivity index (χ1) is 8.67. The number of hydrogen-bond donors (Lipinski definition) is 1. The Hall–Kier alpha value is -0.800. The fourth-order valence-electron chi connectivity index (χ4n) is 2.67. The van der Waals surface area contributed by atoms with E-state index in [9.17, 15) is 0 Å². The van der Waals surface area contributed by atoms with Crippen molar-refractivity contribution in [1.82, 2.24) is 4.90 Å². The van der Waals surface area contributed by atoms with Gasteiger partial charge in [-0.15, -0.1) is 0 Å². The molecule has 1 heterocycles. The van der Waals surface area contributed by atoms with Gasteiger partial charge in [0.25, 0.3) is 0 Å². The minimum atomic E-state index is 0.155. The second kappa shape index (κ2) is 5.89. The van der Waals surface area contributed by atoms with Crippen molar-refractivity contribution in [3.63, 3.8) is 0 Å². The van der Waals surface area contributed by atoms with Crippen LogP contribution in [0.15, 0.2) is 16.5 Å². The predicted molar refractivity (Wildman–Crippen MR) is 74.5 cm³/mol. The molecule has 0 amide bonds. The topological polar surface area (TPSA) is 42.4 Å². The third kappa shape index (κ3) is 2.96. The average Bonchev–Trinajstić information content (AvgIpc) is 3.12. The molecular weight excluding hydrogens is 224 g/mol. The van der Waals surface area contributed by atoms with Crippen molar-refractivity contribution < 1.29 is 4.42 Å². The molecule has 0 aliphatic heterocycles. The molecule has 1 fully saturated rings. The van der Waals surface area contributed by atoms with Gasteiger partial charge in [-0.05, 0) is 51.3 Å². The lowest BCUT2D eigenvalue weighted by Crippen LogP contribution is -2.42. The molecule has 1 aromatic heterocycles. The van der Waals surface area contributed by atoms with Gasteiger partial charge < -0.3 is 10.2 Å². The molecule has 3 heteroatoms. The van der Waals surface area contributed by atoms with Crippen LogP contribution in [-0.4, -0.2) is 23.5 Å². The fourth-order valence-corrected chi connectivity index (χ4v) is 2.67. The van der Waals surface area contributed by atoms with E-state index >= 15 is 0 Å². The van der Waals surface area contributed by atoms with Gasteiger partial charge in [0.15, 0.2) is 0 Å². The number of hydrogen-bond acceptors (Lipinski definition) is 3. The van der Waals surface area contributed by atoms with E-state index in [1.807, 2.05) is 13.0 Å². The summed E-state index contributed by atoms with van der Waals surface area (Å²) < 4.78 is 5.85. The molecule has 3 nitrogen and oxygen atoms in total. The van der Waals surface area contributed by atoms with Crippen molar-refractivity contribution in [2.45, 2.75) is 64.6 Å². The highest BCUT2D eigenvalue weighted by Gasteiger charge is 2.37. The van der Waals surface area contributed by atoms with Crippen LogP contribution >= 0.6 is 0 Å². The van der Waals surface area contributed by atoms with Crippen LogP contribution < -0.4 is 5.73 Å². The first-order valence-corrected chi connectivity index (χ1v) is 7.25. The smallest absolute Gasteiger partial charge is 0.122 e. The maximum Gasteiger partial charge on any atom is 0.122 e. The number of rotatable bonds is 7. The van der Waals surface area contributed by atoms with Gasteiger partial charge in [-0.3, -0.25) is 4.90 Å². The van der Waals surface area contributed by atoms with Gasteiger partial charge in [0.2, 0.25) is 0 Å². The molecule has 0 radical (unpaired) electrons. The Kier molecular flexibility index (Phi) is 4.46. The van der Waals surface area contributed by atoms with Crippen molar-refractivity contribution in [3.05, 3.63) is 23.7 Å². The normalized spacial score (nSPS) is 19.2. The number of nitrogens with two attached hydrogens (primary N) is 1. The lowest BCUT2D eigenvalue weighted by atomic mass is 10.0. The molecule has 0 saturated heterocycles. The van der Waals surface area contributed by atoms with Gasteiger partial charge in [0.1, 0.15) is 11.5 Å². The molecule has 0 bridgehead atoms. The molecule has 0 spiro atoms. The molecule has 1 aromatic rings. The van der Waals surface area contributed by atoms with Crippen LogP contribution in [0.3, 0.4) is 0 Å². The van der Waals surface area contributed by atoms with Gasteiger partial charge in [0.05, 0.1) is 6.04 Å². The molecule has 1 saturated carbocycles. The van der Waals surface area contributed by atoms with Crippen LogP contribution in [0.25, 0.3) is 0 Å². The summed E-state index contributed by atoms with van der Waals surface area (Å²) in [4.78, 5) is 2.56. The van der Waals surface area contributed by atoms with E-state index in [1.54, 1.807) is 0 Å². The zero-order valence-electron chi connectivity index (χ0n) is 11.9. The van der Waals surface area contributed by atoms with Gasteiger partial charge in [-0.2, -0.15) is 0 Å². The molecule has 1 aliphatic carbocycles. The lowest BCUT2D eigenvalue weighted by molar-refractivity contribution is 0.138. The molecule has 1 aliphatic rings. The maximum absolute atomic E-state index is 6.35. The Morgan fingerprint density at radius 3 is 2.56 bits per heavy atom. The monoisotopic (exact) mass is 250 g/mol. The second-order valence-corrected chi connectivity index (χ2v) is 5.43. The Morgan fingerprint density at radius 2 is 2.11 bits per heavy atom. The highest BCUT2D eigenvalue weighted by atomic mass is 16.3. The summed E-state index contributed by atoms with van der Waals surface area (Å²) in [5, 5.41) is 0. The zero-order valence-corrected chi connectivity index (χ0v) is 11.9. The summed E-state index contributed by atoms with van der Waals surface area (Å²) in [6.07, 6.45) is 4.78. The quantitative estimate of drug-likeness (QED) is 0.808. The third-order valence-electron chi connectivity index (χ3n) is 3.78. The van der Waals surface area contributed by atoms with Crippen LogP contribution in [0.4, 0.5) is 0 Å². The van der Waals surface area contributed by atoms with E-state index in [0.717, 1.165) is 30.5 Å². The third-order valence-corrected chi connectivity index (χ3v) is 3.78. The van der Waals surface area contributed by atoms with Crippen LogP contribution in [0.5, 0.6) is 0 Å². The Balaban J connectivity index is 2.22. The summed E-state index contributed by atoms with van der Waals surface area (Å²) in [5.74, 6) is 2.02. The van der Waals surface area contributed by atoms with Crippen LogP contribution in [0, 0.1) is 6.92 Å². The minimum absolute atomic E-state index is 0.155. The molecule has 2 unspecified atom stereocenters. The summed E-state index contributed by atoms with van der Waals surface area (Å²) in [5.41, 5.74) is 6.35. The van der Waals surface area contributed by atoms with Crippen LogP contribution in [0.2, 0.25) is 0 Å². The number of aryl methyl sites for hydroxylation is 1. The van der Waals surface area contributed by atoms with Gasteiger partial charge in [-0.25, -0.2) is 0 Å². The van der Waals surface area contributed by atoms with Crippen molar-refractivity contribution in [2.75, 3.05) is 6.54 Å². The van der Waals surface area contributed by atoms with Gasteiger partial charge >= 0.3 is 0 Å². The number of nitrogens with zero attached hydrogens (tertiary/aromatic N) is 1. The summed E-state index contributed by atoms with van der Waals surface area (Å²) >= 11 is 0. The molecule has 2 N–H and O–H groups in total. The van der Waals surface area contributed by atoms with Crippen molar-refractivity contribution >= 4 is 0 Å². The molecule has 2 atom stereocenters. The molecule has 102 valence electrons. The van der Waals surface area contributed by atoms with E-state index in [-0.39, 0.29) is 12.1 Å². The average molecular weight is 250 g/mol. The van der Waals surface area contributed by atoms with E-state index < -0.39 is 0 Å². The predicted octanol–water partition coefficient (Wildman–Crippen LogP) is 3.24. The SMILES string of the molecule is CCCN(C1CC1)C(c1ccc(C)o1)C(N)CC. The lowest BCUT2D eigenvalue weighted by Gasteiger charge is -2.34. The van der Waals surface area contributed by atoms with Gasteiger partial charge in [-0.1, -0.05) is 13.8 Å². The van der Waals surface area contributed by atoms with Crippen LogP contribution in [-0.2, 0) is 0 Å². The Morgan fingerprint density at radius 1 is 1.39 bits per heavy atom. The van der Waals surface area contributed by atoms with E-state index in [4.69, 9.17) is 10.2 Å². The summed E-state index contributed by atoms with van der Waals surface area (Å²) in [7, 11) is 0. The van der Waals surface area contributed by atoms with Crippen molar-refractivity contribution in [1.29, 1.82) is 0 Å². The second-order valence-electron chi connectivity index (χ2n) is 5.43. The Labute approximate surface area is 110 Å². The van der Waals surface area contributed by atoms with E-state index in [1.165, 1.54) is 19.3 Å². The minimum Gasteiger partial charge on any atom is -0.465 e. The van der Waals surface area contributed by atoms with Crippen molar-refractivity contribution in [2.24, 2.45) is 5.73 Å². The maximum atomic E-state index is 6.35. The molecule has 2 rings (SSSR count). The first kappa shape index (κ1) is 13.6. The highest BCUT2D eigenvalue weighted by Crippen LogP contribution is 2.37. The van der Waals surface area contributed by atoms with Crippen molar-refractivity contribution in [3.8, 4) is 0 Å². The number of furan rings is 1. The highest BCUT2D eigenvalue weighted by molar-refractivity contribution is 5.13. The van der Waals surface area contributed by atoms with E-state index in [0.29, 0.717) is 0 Å². The van der Waals surface area contributed by atoms with E-state index in [2.05, 4.69) is 24.8 Å². The fraction of sp³-hybridized carbons (Fsp3) is 0.733. The Bertz CT molecular complexity index is 370. The summed E-state index contributed by atoms with van der Waals surface area (Å²) in [6, 6.07) is 5.26. The van der Waals surface area contributed by atoms with Crippen LogP contribution in [0.1, 0.15) is 57.1 Å².